The molecule has 4 aromatic carbocycles. The van der Waals surface area contributed by atoms with Crippen molar-refractivity contribution >= 4 is 10.8 Å². The van der Waals surface area contributed by atoms with Gasteiger partial charge < -0.3 is 4.74 Å². The lowest BCUT2D eigenvalue weighted by atomic mass is 9.95. The molecule has 32 heavy (non-hydrogen) atoms. The van der Waals surface area contributed by atoms with Crippen LogP contribution < -0.4 is 4.74 Å². The Kier molecular flexibility index (Phi) is 6.17. The Morgan fingerprint density at radius 2 is 1.47 bits per heavy atom. The summed E-state index contributed by atoms with van der Waals surface area (Å²) in [5.74, 6) is -3.10. The molecular weight excluding hydrogens is 416 g/mol. The summed E-state index contributed by atoms with van der Waals surface area (Å²) in [4.78, 5) is 0. The van der Waals surface area contributed by atoms with Gasteiger partial charge in [-0.1, -0.05) is 49.7 Å². The molecule has 0 bridgehead atoms. The normalized spacial score (nSPS) is 11.2. The smallest absolute Gasteiger partial charge is 0.165 e. The maximum absolute atomic E-state index is 15.3. The zero-order chi connectivity index (χ0) is 22.8. The molecule has 1 nitrogen and oxygen atoms in total. The Morgan fingerprint density at radius 1 is 0.750 bits per heavy atom. The second-order valence-electron chi connectivity index (χ2n) is 7.75. The quantitative estimate of drug-likeness (QED) is 0.277. The number of aryl methyl sites for hydroxylation is 1. The van der Waals surface area contributed by atoms with Crippen LogP contribution in [0.25, 0.3) is 33.0 Å². The third kappa shape index (κ3) is 4.07. The Bertz CT molecular complexity index is 1270. The second-order valence-corrected chi connectivity index (χ2v) is 7.75. The summed E-state index contributed by atoms with van der Waals surface area (Å²) in [6.07, 6.45) is 3.04. The number of methoxy groups -OCH3 is 1. The van der Waals surface area contributed by atoms with Crippen LogP contribution in [0.15, 0.2) is 60.7 Å². The van der Waals surface area contributed by atoms with Gasteiger partial charge in [-0.15, -0.1) is 0 Å². The molecule has 4 rings (SSSR count). The zero-order valence-electron chi connectivity index (χ0n) is 17.8. The Morgan fingerprint density at radius 3 is 2.12 bits per heavy atom. The van der Waals surface area contributed by atoms with Gasteiger partial charge in [0.1, 0.15) is 17.5 Å². The average Bonchev–Trinajstić information content (AvgIpc) is 2.77. The minimum Gasteiger partial charge on any atom is -0.494 e. The minimum absolute atomic E-state index is 0.0257. The lowest BCUT2D eigenvalue weighted by Gasteiger charge is -2.12. The van der Waals surface area contributed by atoms with Gasteiger partial charge in [0.15, 0.2) is 11.6 Å². The number of ether oxygens (including phenoxy) is 1. The van der Waals surface area contributed by atoms with Crippen LogP contribution in [0.3, 0.4) is 0 Å². The Balaban J connectivity index is 1.75. The lowest BCUT2D eigenvalue weighted by Crippen LogP contribution is -1.96. The van der Waals surface area contributed by atoms with Crippen LogP contribution in [-0.2, 0) is 6.42 Å². The topological polar surface area (TPSA) is 9.23 Å². The van der Waals surface area contributed by atoms with E-state index in [1.165, 1.54) is 25.3 Å². The highest BCUT2D eigenvalue weighted by atomic mass is 19.1. The first-order valence-corrected chi connectivity index (χ1v) is 10.5. The van der Waals surface area contributed by atoms with Crippen molar-refractivity contribution in [1.82, 2.24) is 0 Å². The number of benzene rings is 4. The lowest BCUT2D eigenvalue weighted by molar-refractivity contribution is 0.386. The maximum atomic E-state index is 15.3. The fourth-order valence-corrected chi connectivity index (χ4v) is 3.93. The maximum Gasteiger partial charge on any atom is 0.165 e. The van der Waals surface area contributed by atoms with Crippen molar-refractivity contribution in [2.45, 2.75) is 26.2 Å². The first-order chi connectivity index (χ1) is 15.4. The summed E-state index contributed by atoms with van der Waals surface area (Å²) in [6, 6.07) is 14.6. The van der Waals surface area contributed by atoms with E-state index in [2.05, 4.69) is 6.92 Å². The molecule has 164 valence electrons. The number of rotatable bonds is 6. The summed E-state index contributed by atoms with van der Waals surface area (Å²) in [5.41, 5.74) is 0.955. The molecule has 0 amide bonds. The molecule has 0 aliphatic carbocycles. The zero-order valence-corrected chi connectivity index (χ0v) is 17.8. The molecule has 5 heteroatoms. The summed E-state index contributed by atoms with van der Waals surface area (Å²) in [6.45, 7) is 2.11. The number of halogens is 4. The largest absolute Gasteiger partial charge is 0.494 e. The number of fused-ring (bicyclic) bond motifs is 1. The van der Waals surface area contributed by atoms with Crippen molar-refractivity contribution in [1.29, 1.82) is 0 Å². The Labute approximate surface area is 184 Å². The van der Waals surface area contributed by atoms with Crippen LogP contribution in [0.5, 0.6) is 5.75 Å². The van der Waals surface area contributed by atoms with Gasteiger partial charge in [-0.05, 0) is 59.2 Å². The van der Waals surface area contributed by atoms with Crippen molar-refractivity contribution < 1.29 is 22.3 Å². The molecule has 0 unspecified atom stereocenters. The van der Waals surface area contributed by atoms with E-state index >= 15 is 4.39 Å². The van der Waals surface area contributed by atoms with Crippen LogP contribution in [0.1, 0.15) is 25.3 Å². The van der Waals surface area contributed by atoms with Gasteiger partial charge in [-0.3, -0.25) is 0 Å². The summed E-state index contributed by atoms with van der Waals surface area (Å²) >= 11 is 0. The van der Waals surface area contributed by atoms with Gasteiger partial charge in [-0.2, -0.15) is 0 Å². The molecule has 0 aromatic heterocycles. The van der Waals surface area contributed by atoms with E-state index in [0.717, 1.165) is 48.4 Å². The van der Waals surface area contributed by atoms with Gasteiger partial charge in [0.25, 0.3) is 0 Å². The molecule has 4 aromatic rings. The van der Waals surface area contributed by atoms with Crippen molar-refractivity contribution in [3.05, 3.63) is 89.5 Å². The van der Waals surface area contributed by atoms with E-state index in [0.29, 0.717) is 5.39 Å². The number of hydrogen-bond donors (Lipinski definition) is 0. The summed E-state index contributed by atoms with van der Waals surface area (Å²) in [7, 11) is 1.30. The van der Waals surface area contributed by atoms with Crippen LogP contribution in [-0.4, -0.2) is 7.11 Å². The van der Waals surface area contributed by atoms with Crippen LogP contribution in [0, 0.1) is 23.3 Å². The van der Waals surface area contributed by atoms with E-state index in [4.69, 9.17) is 4.74 Å². The van der Waals surface area contributed by atoms with E-state index in [1.54, 1.807) is 12.1 Å². The molecule has 0 N–H and O–H groups in total. The number of hydrogen-bond acceptors (Lipinski definition) is 1. The molecule has 0 saturated carbocycles. The van der Waals surface area contributed by atoms with Gasteiger partial charge in [0.2, 0.25) is 0 Å². The highest BCUT2D eigenvalue weighted by molar-refractivity contribution is 5.89. The number of unbranched alkanes of at least 4 members (excludes halogenated alkanes) is 1. The van der Waals surface area contributed by atoms with Crippen LogP contribution in [0.2, 0.25) is 0 Å². The van der Waals surface area contributed by atoms with E-state index < -0.39 is 23.3 Å². The summed E-state index contributed by atoms with van der Waals surface area (Å²) < 4.78 is 63.9. The van der Waals surface area contributed by atoms with Crippen molar-refractivity contribution in [3.8, 4) is 28.0 Å². The fraction of sp³-hybridized carbons (Fsp3) is 0.185. The Hall–Kier alpha value is -3.34. The van der Waals surface area contributed by atoms with Gasteiger partial charge in [-0.25, -0.2) is 17.6 Å². The predicted molar refractivity (Wildman–Crippen MR) is 120 cm³/mol. The third-order valence-corrected chi connectivity index (χ3v) is 5.63. The molecule has 0 spiro atoms. The molecule has 0 fully saturated rings. The van der Waals surface area contributed by atoms with E-state index in [9.17, 15) is 13.2 Å². The molecule has 0 radical (unpaired) electrons. The summed E-state index contributed by atoms with van der Waals surface area (Å²) in [5, 5.41) is 1.14. The van der Waals surface area contributed by atoms with Crippen molar-refractivity contribution in [3.63, 3.8) is 0 Å². The SMILES string of the molecule is CCCCc1ccc2c(F)c(-c3cc(F)c(-c4ccc(OC)c(F)c4)c(F)c3)ccc2c1. The first-order valence-electron chi connectivity index (χ1n) is 10.5. The molecular formula is C27H22F4O. The monoisotopic (exact) mass is 438 g/mol. The van der Waals surface area contributed by atoms with E-state index in [1.807, 2.05) is 12.1 Å². The van der Waals surface area contributed by atoms with Crippen LogP contribution in [0.4, 0.5) is 17.6 Å². The van der Waals surface area contributed by atoms with Crippen LogP contribution >= 0.6 is 0 Å². The van der Waals surface area contributed by atoms with Crippen molar-refractivity contribution in [2.75, 3.05) is 7.11 Å². The minimum atomic E-state index is -0.904. The molecule has 0 atom stereocenters. The van der Waals surface area contributed by atoms with Gasteiger partial charge in [0, 0.05) is 10.9 Å². The molecule has 0 aliphatic rings. The van der Waals surface area contributed by atoms with E-state index in [-0.39, 0.29) is 28.0 Å². The van der Waals surface area contributed by atoms with Gasteiger partial charge in [0.05, 0.1) is 12.7 Å². The average molecular weight is 438 g/mol. The van der Waals surface area contributed by atoms with Gasteiger partial charge >= 0.3 is 0 Å². The predicted octanol–water partition coefficient (Wildman–Crippen LogP) is 8.08. The highest BCUT2D eigenvalue weighted by Gasteiger charge is 2.18. The molecule has 0 heterocycles. The molecule has 0 aliphatic heterocycles. The second kappa shape index (κ2) is 9.03. The van der Waals surface area contributed by atoms with Crippen molar-refractivity contribution in [2.24, 2.45) is 0 Å². The first kappa shape index (κ1) is 21.9. The standard InChI is InChI=1S/C27H22F4O/c1-3-4-5-16-6-9-20-17(12-16)7-10-21(27(20)31)19-14-23(29)26(24(30)15-19)18-8-11-25(32-2)22(28)13-18/h6-15H,3-5H2,1-2H3. The fourth-order valence-electron chi connectivity index (χ4n) is 3.93. The molecule has 0 saturated heterocycles. The third-order valence-electron chi connectivity index (χ3n) is 5.63. The highest BCUT2D eigenvalue weighted by Crippen LogP contribution is 2.35.